The number of hydrogen-bond acceptors (Lipinski definition) is 3. The van der Waals surface area contributed by atoms with E-state index in [1.807, 2.05) is 18.2 Å². The topological polar surface area (TPSA) is 30.5 Å². The molecule has 21 heavy (non-hydrogen) atoms. The van der Waals surface area contributed by atoms with E-state index in [2.05, 4.69) is 29.6 Å². The van der Waals surface area contributed by atoms with E-state index in [0.29, 0.717) is 17.4 Å². The van der Waals surface area contributed by atoms with E-state index < -0.39 is 0 Å². The van der Waals surface area contributed by atoms with Gasteiger partial charge in [-0.25, -0.2) is 0 Å². The summed E-state index contributed by atoms with van der Waals surface area (Å²) in [5, 5.41) is 4.05. The Hall–Kier alpha value is -1.55. The van der Waals surface area contributed by atoms with Crippen molar-refractivity contribution in [3.63, 3.8) is 0 Å². The van der Waals surface area contributed by atoms with Gasteiger partial charge in [0.15, 0.2) is 0 Å². The van der Waals surface area contributed by atoms with Gasteiger partial charge < -0.3 is 14.8 Å². The van der Waals surface area contributed by atoms with E-state index in [-0.39, 0.29) is 0 Å². The minimum atomic E-state index is 0.638. The van der Waals surface area contributed by atoms with E-state index >= 15 is 0 Å². The normalized spacial score (nSPS) is 10.6. The number of methoxy groups -OCH3 is 2. The maximum Gasteiger partial charge on any atom is 0.137 e. The monoisotopic (exact) mass is 305 g/mol. The van der Waals surface area contributed by atoms with Gasteiger partial charge in [0.05, 0.1) is 18.7 Å². The smallest absolute Gasteiger partial charge is 0.137 e. The Bertz CT molecular complexity index is 587. The summed E-state index contributed by atoms with van der Waals surface area (Å²) in [6.07, 6.45) is 0. The Morgan fingerprint density at radius 3 is 2.33 bits per heavy atom. The Kier molecular flexibility index (Phi) is 6.05. The second-order valence-corrected chi connectivity index (χ2v) is 5.23. The minimum Gasteiger partial charge on any atom is -0.495 e. The van der Waals surface area contributed by atoms with Gasteiger partial charge in [-0.2, -0.15) is 0 Å². The fraction of sp³-hybridized carbons (Fsp3) is 0.294. The van der Waals surface area contributed by atoms with Crippen molar-refractivity contribution >= 4 is 11.6 Å². The number of halogens is 1. The highest BCUT2D eigenvalue weighted by molar-refractivity contribution is 6.32. The highest BCUT2D eigenvalue weighted by Crippen LogP contribution is 2.24. The number of benzene rings is 2. The molecule has 4 heteroatoms. The molecule has 0 spiro atoms. The van der Waals surface area contributed by atoms with Gasteiger partial charge in [-0.3, -0.25) is 0 Å². The first-order chi connectivity index (χ1) is 10.2. The third-order valence-corrected chi connectivity index (χ3v) is 3.47. The lowest BCUT2D eigenvalue weighted by Gasteiger charge is -2.09. The van der Waals surface area contributed by atoms with Gasteiger partial charge in [0.1, 0.15) is 5.75 Å². The van der Waals surface area contributed by atoms with Gasteiger partial charge in [0.2, 0.25) is 0 Å². The minimum absolute atomic E-state index is 0.638. The third-order valence-electron chi connectivity index (χ3n) is 3.18. The van der Waals surface area contributed by atoms with Crippen LogP contribution in [-0.2, 0) is 24.4 Å². The largest absolute Gasteiger partial charge is 0.495 e. The molecule has 1 N–H and O–H groups in total. The van der Waals surface area contributed by atoms with Crippen molar-refractivity contribution in [2.75, 3.05) is 14.2 Å². The molecule has 0 aromatic heterocycles. The molecular weight excluding hydrogens is 286 g/mol. The van der Waals surface area contributed by atoms with Gasteiger partial charge in [0.25, 0.3) is 0 Å². The molecule has 0 radical (unpaired) electrons. The predicted molar refractivity (Wildman–Crippen MR) is 85.7 cm³/mol. The molecule has 3 nitrogen and oxygen atoms in total. The van der Waals surface area contributed by atoms with Gasteiger partial charge in [-0.15, -0.1) is 0 Å². The highest BCUT2D eigenvalue weighted by atomic mass is 35.5. The first-order valence-electron chi connectivity index (χ1n) is 6.83. The van der Waals surface area contributed by atoms with Crippen molar-refractivity contribution in [3.05, 3.63) is 64.2 Å². The van der Waals surface area contributed by atoms with Crippen LogP contribution in [0.2, 0.25) is 5.02 Å². The fourth-order valence-electron chi connectivity index (χ4n) is 2.17. The van der Waals surface area contributed by atoms with Crippen LogP contribution >= 0.6 is 11.6 Å². The molecule has 2 aromatic rings. The average molecular weight is 306 g/mol. The molecule has 0 aliphatic carbocycles. The molecule has 2 aromatic carbocycles. The van der Waals surface area contributed by atoms with Crippen LogP contribution in [0.5, 0.6) is 5.75 Å². The molecule has 112 valence electrons. The fourth-order valence-corrected chi connectivity index (χ4v) is 2.45. The van der Waals surface area contributed by atoms with E-state index in [9.17, 15) is 0 Å². The van der Waals surface area contributed by atoms with Crippen molar-refractivity contribution in [1.29, 1.82) is 0 Å². The zero-order chi connectivity index (χ0) is 15.1. The number of hydrogen-bond donors (Lipinski definition) is 1. The number of ether oxygens (including phenoxy) is 2. The maximum atomic E-state index is 6.11. The third kappa shape index (κ3) is 4.74. The summed E-state index contributed by atoms with van der Waals surface area (Å²) in [6.45, 7) is 2.21. The molecule has 0 saturated carbocycles. The zero-order valence-electron chi connectivity index (χ0n) is 12.4. The SMILES string of the molecule is COCc1cccc(CNCc2ccc(OC)c(Cl)c2)c1. The zero-order valence-corrected chi connectivity index (χ0v) is 13.1. The summed E-state index contributed by atoms with van der Waals surface area (Å²) in [4.78, 5) is 0. The van der Waals surface area contributed by atoms with Gasteiger partial charge in [0, 0.05) is 20.2 Å². The number of rotatable bonds is 7. The van der Waals surface area contributed by atoms with Crippen molar-refractivity contribution in [1.82, 2.24) is 5.32 Å². The van der Waals surface area contributed by atoms with Crippen LogP contribution in [0.1, 0.15) is 16.7 Å². The molecule has 0 saturated heterocycles. The van der Waals surface area contributed by atoms with Gasteiger partial charge in [-0.1, -0.05) is 41.9 Å². The Labute approximate surface area is 130 Å². The van der Waals surface area contributed by atoms with Crippen LogP contribution in [0.4, 0.5) is 0 Å². The maximum absolute atomic E-state index is 6.11. The molecule has 0 bridgehead atoms. The molecule has 2 rings (SSSR count). The standard InChI is InChI=1S/C17H20ClNO2/c1-20-12-15-5-3-4-13(8-15)10-19-11-14-6-7-17(21-2)16(18)9-14/h3-9,19H,10-12H2,1-2H3. The second-order valence-electron chi connectivity index (χ2n) is 4.83. The summed E-state index contributed by atoms with van der Waals surface area (Å²) >= 11 is 6.11. The number of nitrogens with one attached hydrogen (secondary N) is 1. The lowest BCUT2D eigenvalue weighted by Crippen LogP contribution is -2.12. The molecule has 0 heterocycles. The van der Waals surface area contributed by atoms with Gasteiger partial charge in [-0.05, 0) is 28.8 Å². The van der Waals surface area contributed by atoms with Crippen molar-refractivity contribution in [2.24, 2.45) is 0 Å². The molecule has 0 atom stereocenters. The second kappa shape index (κ2) is 8.03. The van der Waals surface area contributed by atoms with Crippen LogP contribution < -0.4 is 10.1 Å². The van der Waals surface area contributed by atoms with Crippen molar-refractivity contribution < 1.29 is 9.47 Å². The molecule has 0 fully saturated rings. The lowest BCUT2D eigenvalue weighted by atomic mass is 10.1. The molecule has 0 unspecified atom stereocenters. The summed E-state index contributed by atoms with van der Waals surface area (Å²) < 4.78 is 10.3. The van der Waals surface area contributed by atoms with Crippen LogP contribution in [-0.4, -0.2) is 14.2 Å². The summed E-state index contributed by atoms with van der Waals surface area (Å²) in [5.41, 5.74) is 3.56. The summed E-state index contributed by atoms with van der Waals surface area (Å²) in [7, 11) is 3.32. The summed E-state index contributed by atoms with van der Waals surface area (Å²) in [5.74, 6) is 0.702. The first-order valence-corrected chi connectivity index (χ1v) is 7.20. The van der Waals surface area contributed by atoms with Crippen molar-refractivity contribution in [3.8, 4) is 5.75 Å². The molecule has 0 aliphatic heterocycles. The van der Waals surface area contributed by atoms with Crippen LogP contribution in [0.15, 0.2) is 42.5 Å². The molecular formula is C17H20ClNO2. The van der Waals surface area contributed by atoms with Crippen LogP contribution in [0, 0.1) is 0 Å². The average Bonchev–Trinajstić information content (AvgIpc) is 2.48. The molecule has 0 aliphatic rings. The first kappa shape index (κ1) is 15.8. The van der Waals surface area contributed by atoms with E-state index in [4.69, 9.17) is 21.1 Å². The Morgan fingerprint density at radius 1 is 0.952 bits per heavy atom. The highest BCUT2D eigenvalue weighted by Gasteiger charge is 2.02. The van der Waals surface area contributed by atoms with Crippen molar-refractivity contribution in [2.45, 2.75) is 19.7 Å². The Morgan fingerprint density at radius 2 is 1.67 bits per heavy atom. The van der Waals surface area contributed by atoms with Crippen LogP contribution in [0.25, 0.3) is 0 Å². The van der Waals surface area contributed by atoms with E-state index in [1.54, 1.807) is 14.2 Å². The lowest BCUT2D eigenvalue weighted by molar-refractivity contribution is 0.185. The van der Waals surface area contributed by atoms with Gasteiger partial charge >= 0.3 is 0 Å². The van der Waals surface area contributed by atoms with E-state index in [1.165, 1.54) is 11.1 Å². The Balaban J connectivity index is 1.89. The summed E-state index contributed by atoms with van der Waals surface area (Å²) in [6, 6.07) is 14.2. The molecule has 0 amide bonds. The van der Waals surface area contributed by atoms with Crippen LogP contribution in [0.3, 0.4) is 0 Å². The van der Waals surface area contributed by atoms with E-state index in [0.717, 1.165) is 18.7 Å². The predicted octanol–water partition coefficient (Wildman–Crippen LogP) is 3.78. The quantitative estimate of drug-likeness (QED) is 0.844.